The summed E-state index contributed by atoms with van der Waals surface area (Å²) in [5.74, 6) is 0.0670. The van der Waals surface area contributed by atoms with Gasteiger partial charge in [-0.2, -0.15) is 4.73 Å². The van der Waals surface area contributed by atoms with Crippen molar-refractivity contribution in [3.8, 4) is 22.8 Å². The molecule has 0 saturated heterocycles. The van der Waals surface area contributed by atoms with E-state index in [-0.39, 0.29) is 17.4 Å². The Hall–Kier alpha value is -2.17. The molecule has 0 unspecified atom stereocenters. The number of phenols is 2. The van der Waals surface area contributed by atoms with Crippen LogP contribution in [0.5, 0.6) is 11.5 Å². The summed E-state index contributed by atoms with van der Waals surface area (Å²) in [4.78, 5) is 3.78. The maximum Gasteiger partial charge on any atom is 0.132 e. The fourth-order valence-electron chi connectivity index (χ4n) is 1.74. The van der Waals surface area contributed by atoms with E-state index in [0.717, 1.165) is 4.73 Å². The SMILES string of the molecule is CC(C)c1cc(-c2cncn2O)c(O)cc1O. The van der Waals surface area contributed by atoms with Crippen LogP contribution < -0.4 is 0 Å². The van der Waals surface area contributed by atoms with E-state index in [9.17, 15) is 15.4 Å². The molecule has 3 N–H and O–H groups in total. The minimum absolute atomic E-state index is 0.0465. The molecule has 0 fully saturated rings. The van der Waals surface area contributed by atoms with Crippen LogP contribution in [0, 0.1) is 0 Å². The second-order valence-electron chi connectivity index (χ2n) is 4.21. The third-order valence-electron chi connectivity index (χ3n) is 2.66. The third-order valence-corrected chi connectivity index (χ3v) is 2.66. The van der Waals surface area contributed by atoms with Crippen LogP contribution in [0.4, 0.5) is 0 Å². The van der Waals surface area contributed by atoms with Gasteiger partial charge in [-0.3, -0.25) is 0 Å². The van der Waals surface area contributed by atoms with Crippen LogP contribution in [0.25, 0.3) is 11.3 Å². The van der Waals surface area contributed by atoms with Gasteiger partial charge >= 0.3 is 0 Å². The average molecular weight is 234 g/mol. The highest BCUT2D eigenvalue weighted by molar-refractivity contribution is 5.69. The van der Waals surface area contributed by atoms with Gasteiger partial charge in [0.2, 0.25) is 0 Å². The molecule has 17 heavy (non-hydrogen) atoms. The highest BCUT2D eigenvalue weighted by atomic mass is 16.5. The van der Waals surface area contributed by atoms with E-state index in [1.165, 1.54) is 18.6 Å². The van der Waals surface area contributed by atoms with Crippen molar-refractivity contribution in [3.05, 3.63) is 30.2 Å². The molecule has 0 bridgehead atoms. The molecule has 0 radical (unpaired) electrons. The highest BCUT2D eigenvalue weighted by Crippen LogP contribution is 2.37. The number of hydrogen-bond acceptors (Lipinski definition) is 4. The molecule has 0 aliphatic heterocycles. The van der Waals surface area contributed by atoms with E-state index in [1.807, 2.05) is 13.8 Å². The van der Waals surface area contributed by atoms with Gasteiger partial charge in [-0.05, 0) is 17.5 Å². The molecule has 0 aliphatic rings. The Labute approximate surface area is 98.6 Å². The van der Waals surface area contributed by atoms with Crippen LogP contribution in [-0.4, -0.2) is 25.1 Å². The number of aromatic hydroxyl groups is 2. The molecule has 2 rings (SSSR count). The first-order valence-corrected chi connectivity index (χ1v) is 5.28. The second-order valence-corrected chi connectivity index (χ2v) is 4.21. The predicted octanol–water partition coefficient (Wildman–Crippen LogP) is 2.32. The fourth-order valence-corrected chi connectivity index (χ4v) is 1.74. The molecule has 0 atom stereocenters. The lowest BCUT2D eigenvalue weighted by atomic mass is 9.98. The van der Waals surface area contributed by atoms with E-state index < -0.39 is 0 Å². The molecule has 1 aromatic carbocycles. The smallest absolute Gasteiger partial charge is 0.132 e. The van der Waals surface area contributed by atoms with E-state index in [1.54, 1.807) is 6.07 Å². The number of phenolic OH excluding ortho intramolecular Hbond substituents is 2. The highest BCUT2D eigenvalue weighted by Gasteiger charge is 2.15. The summed E-state index contributed by atoms with van der Waals surface area (Å²) in [5, 5.41) is 29.0. The minimum atomic E-state index is -0.0947. The second kappa shape index (κ2) is 4.01. The number of imidazole rings is 1. The summed E-state index contributed by atoms with van der Waals surface area (Å²) < 4.78 is 0.830. The van der Waals surface area contributed by atoms with Gasteiger partial charge in [0.1, 0.15) is 23.5 Å². The van der Waals surface area contributed by atoms with Gasteiger partial charge in [0, 0.05) is 11.6 Å². The van der Waals surface area contributed by atoms with E-state index in [2.05, 4.69) is 4.98 Å². The quantitative estimate of drug-likeness (QED) is 0.697. The number of nitrogens with zero attached hydrogens (tertiary/aromatic N) is 2. The lowest BCUT2D eigenvalue weighted by molar-refractivity contribution is 0.190. The summed E-state index contributed by atoms with van der Waals surface area (Å²) in [6.45, 7) is 3.87. The summed E-state index contributed by atoms with van der Waals surface area (Å²) >= 11 is 0. The molecule has 2 aromatic rings. The molecule has 1 aromatic heterocycles. The van der Waals surface area contributed by atoms with Crippen molar-refractivity contribution < 1.29 is 15.4 Å². The number of aromatic nitrogens is 2. The first kappa shape index (κ1) is 11.3. The standard InChI is InChI=1S/C12H14N2O3/c1-7(2)8-3-9(12(16)4-11(8)15)10-5-13-6-14(10)17/h3-7,15-17H,1-2H3. The van der Waals surface area contributed by atoms with Crippen LogP contribution in [-0.2, 0) is 0 Å². The molecule has 1 heterocycles. The Morgan fingerprint density at radius 2 is 1.88 bits per heavy atom. The van der Waals surface area contributed by atoms with Crippen molar-refractivity contribution in [2.45, 2.75) is 19.8 Å². The summed E-state index contributed by atoms with van der Waals surface area (Å²) in [5.41, 5.74) is 1.52. The molecule has 5 heteroatoms. The van der Waals surface area contributed by atoms with Gasteiger partial charge in [-0.15, -0.1) is 0 Å². The lowest BCUT2D eigenvalue weighted by Gasteiger charge is -2.12. The monoisotopic (exact) mass is 234 g/mol. The van der Waals surface area contributed by atoms with Crippen LogP contribution in [0.3, 0.4) is 0 Å². The molecule has 5 nitrogen and oxygen atoms in total. The average Bonchev–Trinajstić information content (AvgIpc) is 2.64. The van der Waals surface area contributed by atoms with E-state index >= 15 is 0 Å². The van der Waals surface area contributed by atoms with E-state index in [4.69, 9.17) is 0 Å². The predicted molar refractivity (Wildman–Crippen MR) is 62.3 cm³/mol. The first-order chi connectivity index (χ1) is 8.00. The van der Waals surface area contributed by atoms with Gasteiger partial charge in [0.25, 0.3) is 0 Å². The van der Waals surface area contributed by atoms with Gasteiger partial charge in [-0.25, -0.2) is 4.98 Å². The zero-order valence-electron chi connectivity index (χ0n) is 9.62. The van der Waals surface area contributed by atoms with Crippen molar-refractivity contribution in [2.24, 2.45) is 0 Å². The van der Waals surface area contributed by atoms with Crippen LogP contribution in [0.2, 0.25) is 0 Å². The summed E-state index contributed by atoms with van der Waals surface area (Å²) in [6.07, 6.45) is 2.67. The van der Waals surface area contributed by atoms with Gasteiger partial charge in [-0.1, -0.05) is 13.8 Å². The molecule has 0 aliphatic carbocycles. The Morgan fingerprint density at radius 1 is 1.18 bits per heavy atom. The Kier molecular flexibility index (Phi) is 2.67. The number of rotatable bonds is 2. The molecular formula is C12H14N2O3. The van der Waals surface area contributed by atoms with Crippen LogP contribution in [0.1, 0.15) is 25.3 Å². The Balaban J connectivity index is 2.63. The van der Waals surface area contributed by atoms with Crippen LogP contribution in [0.15, 0.2) is 24.7 Å². The fraction of sp³-hybridized carbons (Fsp3) is 0.250. The minimum Gasteiger partial charge on any atom is -0.508 e. The molecular weight excluding hydrogens is 220 g/mol. The zero-order valence-corrected chi connectivity index (χ0v) is 9.62. The van der Waals surface area contributed by atoms with Crippen molar-refractivity contribution in [1.29, 1.82) is 0 Å². The molecule has 90 valence electrons. The first-order valence-electron chi connectivity index (χ1n) is 5.28. The van der Waals surface area contributed by atoms with Gasteiger partial charge in [0.15, 0.2) is 0 Å². The third kappa shape index (κ3) is 1.91. The van der Waals surface area contributed by atoms with Gasteiger partial charge < -0.3 is 15.4 Å². The normalized spacial score (nSPS) is 11.0. The van der Waals surface area contributed by atoms with Crippen molar-refractivity contribution in [2.75, 3.05) is 0 Å². The topological polar surface area (TPSA) is 78.5 Å². The van der Waals surface area contributed by atoms with Crippen molar-refractivity contribution >= 4 is 0 Å². The largest absolute Gasteiger partial charge is 0.508 e. The summed E-state index contributed by atoms with van der Waals surface area (Å²) in [7, 11) is 0. The maximum atomic E-state index is 9.78. The Bertz CT molecular complexity index is 547. The number of benzene rings is 1. The molecule has 0 saturated carbocycles. The van der Waals surface area contributed by atoms with E-state index in [0.29, 0.717) is 16.8 Å². The molecule has 0 spiro atoms. The van der Waals surface area contributed by atoms with Crippen LogP contribution >= 0.6 is 0 Å². The summed E-state index contributed by atoms with van der Waals surface area (Å²) in [6, 6.07) is 2.93. The lowest BCUT2D eigenvalue weighted by Crippen LogP contribution is -1.94. The Morgan fingerprint density at radius 3 is 2.41 bits per heavy atom. The van der Waals surface area contributed by atoms with Gasteiger partial charge in [0.05, 0.1) is 6.20 Å². The molecule has 0 amide bonds. The number of hydrogen-bond donors (Lipinski definition) is 3. The maximum absolute atomic E-state index is 9.78. The van der Waals surface area contributed by atoms with Crippen molar-refractivity contribution in [1.82, 2.24) is 9.71 Å². The van der Waals surface area contributed by atoms with Crippen molar-refractivity contribution in [3.63, 3.8) is 0 Å². The zero-order chi connectivity index (χ0) is 12.6.